The molecule has 0 saturated carbocycles. The van der Waals surface area contributed by atoms with E-state index in [-0.39, 0.29) is 28.7 Å². The molecule has 0 aliphatic carbocycles. The highest BCUT2D eigenvalue weighted by molar-refractivity contribution is 7.90. The number of nitrogens with one attached hydrogen (secondary N) is 1. The highest BCUT2D eigenvalue weighted by Crippen LogP contribution is 2.22. The number of nitrogens with zero attached hydrogens (tertiary/aromatic N) is 3. The number of carbonyl (C=O) groups is 1. The Balaban J connectivity index is 1.88. The Bertz CT molecular complexity index is 957. The van der Waals surface area contributed by atoms with Crippen LogP contribution in [-0.2, 0) is 14.8 Å². The fourth-order valence-electron chi connectivity index (χ4n) is 2.28. The molecule has 0 fully saturated rings. The van der Waals surface area contributed by atoms with Crippen molar-refractivity contribution in [3.63, 3.8) is 0 Å². The molecule has 0 radical (unpaired) electrons. The molecule has 24 heavy (non-hydrogen) atoms. The Morgan fingerprint density at radius 1 is 1.42 bits per heavy atom. The van der Waals surface area contributed by atoms with E-state index in [0.717, 1.165) is 0 Å². The Morgan fingerprint density at radius 2 is 2.21 bits per heavy atom. The van der Waals surface area contributed by atoms with Gasteiger partial charge in [0.05, 0.1) is 21.9 Å². The average Bonchev–Trinajstić information content (AvgIpc) is 2.53. The van der Waals surface area contributed by atoms with Gasteiger partial charge in [-0.1, -0.05) is 11.6 Å². The molecule has 0 saturated heterocycles. The lowest BCUT2D eigenvalue weighted by molar-refractivity contribution is -0.112. The van der Waals surface area contributed by atoms with E-state index in [0.29, 0.717) is 11.3 Å². The number of benzene rings is 1. The zero-order valence-electron chi connectivity index (χ0n) is 12.2. The van der Waals surface area contributed by atoms with Gasteiger partial charge in [0, 0.05) is 18.4 Å². The van der Waals surface area contributed by atoms with Crippen molar-refractivity contribution in [3.05, 3.63) is 52.7 Å². The van der Waals surface area contributed by atoms with E-state index in [1.54, 1.807) is 23.2 Å². The first-order valence-electron chi connectivity index (χ1n) is 6.89. The number of hydrogen-bond acceptors (Lipinski definition) is 5. The molecule has 2 aliphatic heterocycles. The number of hydrogen-bond donors (Lipinski definition) is 1. The van der Waals surface area contributed by atoms with E-state index in [4.69, 9.17) is 16.9 Å². The fraction of sp³-hybridized carbons (Fsp3) is 0.133. The van der Waals surface area contributed by atoms with Gasteiger partial charge in [-0.2, -0.15) is 5.26 Å². The van der Waals surface area contributed by atoms with Gasteiger partial charge >= 0.3 is 0 Å². The summed E-state index contributed by atoms with van der Waals surface area (Å²) in [4.78, 5) is 14.1. The second-order valence-corrected chi connectivity index (χ2v) is 7.24. The van der Waals surface area contributed by atoms with Crippen LogP contribution in [0.25, 0.3) is 0 Å². The van der Waals surface area contributed by atoms with E-state index < -0.39 is 15.9 Å². The van der Waals surface area contributed by atoms with Gasteiger partial charge in [-0.25, -0.2) is 8.42 Å². The third-order valence-electron chi connectivity index (χ3n) is 3.45. The smallest absolute Gasteiger partial charge is 0.259 e. The number of amidine groups is 1. The van der Waals surface area contributed by atoms with Crippen molar-refractivity contribution in [2.45, 2.75) is 0 Å². The number of sulfonamides is 1. The number of amides is 1. The van der Waals surface area contributed by atoms with Gasteiger partial charge in [0.2, 0.25) is 0 Å². The van der Waals surface area contributed by atoms with E-state index >= 15 is 0 Å². The first-order valence-corrected chi connectivity index (χ1v) is 8.87. The first kappa shape index (κ1) is 16.2. The van der Waals surface area contributed by atoms with Crippen LogP contribution in [0, 0.1) is 11.3 Å². The summed E-state index contributed by atoms with van der Waals surface area (Å²) < 4.78 is 27.1. The lowest BCUT2D eigenvalue weighted by atomic mass is 10.1. The number of anilines is 1. The molecular formula is C15H11ClN4O3S. The normalized spacial score (nSPS) is 18.1. The molecule has 1 amide bonds. The lowest BCUT2D eigenvalue weighted by Crippen LogP contribution is -2.40. The number of nitriles is 1. The van der Waals surface area contributed by atoms with Crippen LogP contribution in [0.3, 0.4) is 0 Å². The summed E-state index contributed by atoms with van der Waals surface area (Å²) in [6.07, 6.45) is 4.82. The summed E-state index contributed by atoms with van der Waals surface area (Å²) in [6.45, 7) is 0.241. The highest BCUT2D eigenvalue weighted by Gasteiger charge is 2.29. The molecule has 0 bridgehead atoms. The Kier molecular flexibility index (Phi) is 4.13. The molecule has 1 N–H and O–H groups in total. The highest BCUT2D eigenvalue weighted by atomic mass is 35.5. The van der Waals surface area contributed by atoms with Gasteiger partial charge in [-0.15, -0.1) is 4.40 Å². The summed E-state index contributed by atoms with van der Waals surface area (Å²) in [5.41, 5.74) is 0.829. The van der Waals surface area contributed by atoms with Crippen molar-refractivity contribution >= 4 is 39.1 Å². The van der Waals surface area contributed by atoms with Gasteiger partial charge in [0.25, 0.3) is 15.9 Å². The summed E-state index contributed by atoms with van der Waals surface area (Å²) in [5.74, 6) is -0.511. The van der Waals surface area contributed by atoms with Crippen LogP contribution < -0.4 is 5.32 Å². The van der Waals surface area contributed by atoms with Gasteiger partial charge in [0.15, 0.2) is 5.84 Å². The molecule has 0 aromatic heterocycles. The third kappa shape index (κ3) is 3.18. The van der Waals surface area contributed by atoms with Crippen LogP contribution in [-0.4, -0.2) is 37.4 Å². The minimum Gasteiger partial charge on any atom is -0.331 e. The van der Waals surface area contributed by atoms with Crippen LogP contribution >= 0.6 is 11.6 Å². The summed E-state index contributed by atoms with van der Waals surface area (Å²) >= 11 is 5.94. The molecule has 0 spiro atoms. The van der Waals surface area contributed by atoms with Gasteiger partial charge in [0.1, 0.15) is 6.07 Å². The summed E-state index contributed by atoms with van der Waals surface area (Å²) in [6, 6.07) is 6.41. The van der Waals surface area contributed by atoms with Crippen molar-refractivity contribution in [1.82, 2.24) is 4.90 Å². The van der Waals surface area contributed by atoms with Crippen molar-refractivity contribution in [1.29, 1.82) is 5.26 Å². The predicted octanol–water partition coefficient (Wildman–Crippen LogP) is 1.65. The lowest BCUT2D eigenvalue weighted by Gasteiger charge is -2.28. The standard InChI is InChI=1S/C15H11ClN4O3S/c16-13-8-11(4-3-10(13)9-17)18-15(21)12-2-1-5-20-6-7-24(22,23)19-14(12)20/h1-5,8H,6-7H2,(H,18,21). The third-order valence-corrected chi connectivity index (χ3v) is 4.91. The van der Waals surface area contributed by atoms with E-state index in [9.17, 15) is 13.2 Å². The molecule has 2 heterocycles. The van der Waals surface area contributed by atoms with Crippen LogP contribution in [0.2, 0.25) is 5.02 Å². The number of fused-ring (bicyclic) bond motifs is 1. The van der Waals surface area contributed by atoms with E-state index in [1.165, 1.54) is 18.2 Å². The molecule has 2 aliphatic rings. The molecule has 0 atom stereocenters. The molecule has 122 valence electrons. The largest absolute Gasteiger partial charge is 0.331 e. The van der Waals surface area contributed by atoms with Crippen molar-refractivity contribution in [3.8, 4) is 6.07 Å². The number of rotatable bonds is 2. The topological polar surface area (TPSA) is 103 Å². The van der Waals surface area contributed by atoms with Gasteiger partial charge < -0.3 is 10.2 Å². The quantitative estimate of drug-likeness (QED) is 0.861. The number of allylic oxidation sites excluding steroid dienone is 2. The van der Waals surface area contributed by atoms with E-state index in [1.807, 2.05) is 6.07 Å². The average molecular weight is 363 g/mol. The van der Waals surface area contributed by atoms with Crippen molar-refractivity contribution in [2.75, 3.05) is 17.6 Å². The van der Waals surface area contributed by atoms with E-state index in [2.05, 4.69) is 9.71 Å². The zero-order chi connectivity index (χ0) is 17.3. The summed E-state index contributed by atoms with van der Waals surface area (Å²) in [5, 5.41) is 11.7. The van der Waals surface area contributed by atoms with Crippen LogP contribution in [0.5, 0.6) is 0 Å². The minimum absolute atomic E-state index is 0.0963. The maximum absolute atomic E-state index is 12.5. The van der Waals surface area contributed by atoms with Crippen LogP contribution in [0.15, 0.2) is 46.5 Å². The van der Waals surface area contributed by atoms with Crippen LogP contribution in [0.4, 0.5) is 5.69 Å². The van der Waals surface area contributed by atoms with Crippen molar-refractivity contribution in [2.24, 2.45) is 4.40 Å². The van der Waals surface area contributed by atoms with Crippen LogP contribution in [0.1, 0.15) is 5.56 Å². The summed E-state index contributed by atoms with van der Waals surface area (Å²) in [7, 11) is -3.57. The maximum atomic E-state index is 12.5. The molecule has 3 rings (SSSR count). The Hall–Kier alpha value is -2.63. The first-order chi connectivity index (χ1) is 11.4. The minimum atomic E-state index is -3.57. The molecule has 1 aromatic carbocycles. The predicted molar refractivity (Wildman–Crippen MR) is 89.9 cm³/mol. The fourth-order valence-corrected chi connectivity index (χ4v) is 3.48. The molecular weight excluding hydrogens is 352 g/mol. The van der Waals surface area contributed by atoms with Gasteiger partial charge in [-0.05, 0) is 30.4 Å². The molecule has 7 nitrogen and oxygen atoms in total. The Morgan fingerprint density at radius 3 is 2.92 bits per heavy atom. The second kappa shape index (κ2) is 6.11. The molecule has 0 unspecified atom stereocenters. The number of halogens is 1. The molecule has 1 aromatic rings. The molecule has 9 heteroatoms. The number of carbonyl (C=O) groups excluding carboxylic acids is 1. The second-order valence-electron chi connectivity index (χ2n) is 5.08. The maximum Gasteiger partial charge on any atom is 0.259 e. The van der Waals surface area contributed by atoms with Gasteiger partial charge in [-0.3, -0.25) is 4.79 Å². The van der Waals surface area contributed by atoms with Crippen molar-refractivity contribution < 1.29 is 13.2 Å². The SMILES string of the molecule is N#Cc1ccc(NC(=O)C2=CC=CN3CCS(=O)(=O)N=C23)cc1Cl. The monoisotopic (exact) mass is 362 g/mol. The Labute approximate surface area is 143 Å². The zero-order valence-corrected chi connectivity index (χ0v) is 13.8.